The molecule has 1 aromatic carbocycles. The van der Waals surface area contributed by atoms with E-state index in [9.17, 15) is 4.21 Å². The fourth-order valence-electron chi connectivity index (χ4n) is 1.77. The monoisotopic (exact) mass is 274 g/mol. The number of anilines is 1. The molecule has 2 rings (SSSR count). The van der Waals surface area contributed by atoms with E-state index < -0.39 is 10.8 Å². The topological polar surface area (TPSA) is 42.0 Å². The first kappa shape index (κ1) is 13.7. The average Bonchev–Trinajstić information content (AvgIpc) is 2.40. The van der Waals surface area contributed by atoms with E-state index in [4.69, 9.17) is 0 Å². The van der Waals surface area contributed by atoms with Gasteiger partial charge in [0.1, 0.15) is 5.82 Å². The lowest BCUT2D eigenvalue weighted by Crippen LogP contribution is -2.13. The second kappa shape index (κ2) is 7.04. The number of nitrogens with one attached hydrogen (secondary N) is 1. The molecule has 0 amide bonds. The summed E-state index contributed by atoms with van der Waals surface area (Å²) in [6, 6.07) is 15.8. The van der Waals surface area contributed by atoms with Crippen molar-refractivity contribution in [3.63, 3.8) is 0 Å². The van der Waals surface area contributed by atoms with Gasteiger partial charge in [-0.1, -0.05) is 36.4 Å². The minimum Gasteiger partial charge on any atom is -0.369 e. The summed E-state index contributed by atoms with van der Waals surface area (Å²) in [7, 11) is -0.840. The summed E-state index contributed by atoms with van der Waals surface area (Å²) in [5, 5.41) is 3.20. The van der Waals surface area contributed by atoms with Gasteiger partial charge in [-0.25, -0.2) is 4.98 Å². The van der Waals surface area contributed by atoms with Gasteiger partial charge >= 0.3 is 0 Å². The predicted molar refractivity (Wildman–Crippen MR) is 80.6 cm³/mol. The molecule has 0 saturated carbocycles. The molecule has 1 N–H and O–H groups in total. The first-order valence-electron chi connectivity index (χ1n) is 6.30. The van der Waals surface area contributed by atoms with Crippen LogP contribution in [0.15, 0.2) is 48.5 Å². The molecule has 1 heterocycles. The normalized spacial score (nSPS) is 12.1. The van der Waals surface area contributed by atoms with Crippen molar-refractivity contribution in [3.8, 4) is 0 Å². The maximum atomic E-state index is 11.9. The summed E-state index contributed by atoms with van der Waals surface area (Å²) in [5.74, 6) is 2.09. The van der Waals surface area contributed by atoms with E-state index in [2.05, 4.69) is 10.3 Å². The van der Waals surface area contributed by atoms with Crippen molar-refractivity contribution in [1.82, 2.24) is 4.98 Å². The van der Waals surface area contributed by atoms with Crippen LogP contribution < -0.4 is 5.32 Å². The lowest BCUT2D eigenvalue weighted by Gasteiger charge is -2.06. The van der Waals surface area contributed by atoms with Crippen molar-refractivity contribution in [2.75, 3.05) is 17.6 Å². The SMILES string of the molecule is Cc1cccc(NCCS(=O)Cc2ccccc2)n1. The molecule has 0 radical (unpaired) electrons. The molecule has 1 aromatic heterocycles. The molecular weight excluding hydrogens is 256 g/mol. The Morgan fingerprint density at radius 3 is 2.63 bits per heavy atom. The van der Waals surface area contributed by atoms with Crippen molar-refractivity contribution < 1.29 is 4.21 Å². The Hall–Kier alpha value is -1.68. The van der Waals surface area contributed by atoms with Crippen LogP contribution >= 0.6 is 0 Å². The molecule has 1 unspecified atom stereocenters. The smallest absolute Gasteiger partial charge is 0.126 e. The Labute approximate surface area is 116 Å². The zero-order valence-electron chi connectivity index (χ0n) is 11.0. The number of aryl methyl sites for hydroxylation is 1. The van der Waals surface area contributed by atoms with Crippen LogP contribution in [0.25, 0.3) is 0 Å². The highest BCUT2D eigenvalue weighted by Crippen LogP contribution is 2.05. The highest BCUT2D eigenvalue weighted by molar-refractivity contribution is 7.84. The molecule has 19 heavy (non-hydrogen) atoms. The number of aromatic nitrogens is 1. The zero-order valence-corrected chi connectivity index (χ0v) is 11.8. The third kappa shape index (κ3) is 4.83. The molecule has 0 aliphatic rings. The summed E-state index contributed by atoms with van der Waals surface area (Å²) in [5.41, 5.74) is 2.10. The van der Waals surface area contributed by atoms with Crippen molar-refractivity contribution in [2.45, 2.75) is 12.7 Å². The summed E-state index contributed by atoms with van der Waals surface area (Å²) in [4.78, 5) is 4.34. The lowest BCUT2D eigenvalue weighted by atomic mass is 10.2. The maximum Gasteiger partial charge on any atom is 0.126 e. The molecular formula is C15H18N2OS. The number of hydrogen-bond acceptors (Lipinski definition) is 3. The molecule has 100 valence electrons. The van der Waals surface area contributed by atoms with Crippen LogP contribution in [0.4, 0.5) is 5.82 Å². The third-order valence-corrected chi connectivity index (χ3v) is 4.01. The largest absolute Gasteiger partial charge is 0.369 e. The molecule has 0 aliphatic carbocycles. The Kier molecular flexibility index (Phi) is 5.10. The lowest BCUT2D eigenvalue weighted by molar-refractivity contribution is 0.682. The highest BCUT2D eigenvalue weighted by Gasteiger charge is 2.01. The van der Waals surface area contributed by atoms with Gasteiger partial charge in [-0.05, 0) is 24.6 Å². The van der Waals surface area contributed by atoms with Crippen LogP contribution in [0.3, 0.4) is 0 Å². The van der Waals surface area contributed by atoms with Gasteiger partial charge in [0.25, 0.3) is 0 Å². The Bertz CT molecular complexity index is 543. The van der Waals surface area contributed by atoms with Gasteiger partial charge in [0.05, 0.1) is 0 Å². The first-order valence-corrected chi connectivity index (χ1v) is 7.79. The van der Waals surface area contributed by atoms with Crippen molar-refractivity contribution in [3.05, 3.63) is 59.8 Å². The standard InChI is InChI=1S/C15H18N2OS/c1-13-6-5-9-15(17-13)16-10-11-19(18)12-14-7-3-2-4-8-14/h2-9H,10-12H2,1H3,(H,16,17). The van der Waals surface area contributed by atoms with Crippen LogP contribution in [0.5, 0.6) is 0 Å². The summed E-state index contributed by atoms with van der Waals surface area (Å²) < 4.78 is 11.9. The van der Waals surface area contributed by atoms with Gasteiger partial charge in [-0.2, -0.15) is 0 Å². The molecule has 3 nitrogen and oxygen atoms in total. The van der Waals surface area contributed by atoms with Crippen LogP contribution in [0, 0.1) is 6.92 Å². The quantitative estimate of drug-likeness (QED) is 0.880. The third-order valence-electron chi connectivity index (χ3n) is 2.69. The Morgan fingerprint density at radius 1 is 1.11 bits per heavy atom. The van der Waals surface area contributed by atoms with Gasteiger partial charge in [0, 0.05) is 34.5 Å². The molecule has 0 saturated heterocycles. The van der Waals surface area contributed by atoms with E-state index in [1.54, 1.807) is 0 Å². The molecule has 0 aliphatic heterocycles. The molecule has 0 spiro atoms. The predicted octanol–water partition coefficient (Wildman–Crippen LogP) is 2.75. The van der Waals surface area contributed by atoms with Crippen molar-refractivity contribution in [1.29, 1.82) is 0 Å². The number of nitrogens with zero attached hydrogens (tertiary/aromatic N) is 1. The van der Waals surface area contributed by atoms with E-state index >= 15 is 0 Å². The number of rotatable bonds is 6. The second-order valence-corrected chi connectivity index (χ2v) is 5.94. The average molecular weight is 274 g/mol. The summed E-state index contributed by atoms with van der Waals surface area (Å²) >= 11 is 0. The minimum absolute atomic E-state index is 0.615. The van der Waals surface area contributed by atoms with Crippen molar-refractivity contribution >= 4 is 16.6 Å². The number of hydrogen-bond donors (Lipinski definition) is 1. The van der Waals surface area contributed by atoms with Crippen LogP contribution in [0.2, 0.25) is 0 Å². The van der Waals surface area contributed by atoms with E-state index in [0.717, 1.165) is 17.1 Å². The fraction of sp³-hybridized carbons (Fsp3) is 0.267. The van der Waals surface area contributed by atoms with Gasteiger partial charge in [0.15, 0.2) is 0 Å². The summed E-state index contributed by atoms with van der Waals surface area (Å²) in [6.45, 7) is 2.63. The fourth-order valence-corrected chi connectivity index (χ4v) is 2.81. The van der Waals surface area contributed by atoms with E-state index in [-0.39, 0.29) is 0 Å². The van der Waals surface area contributed by atoms with Crippen molar-refractivity contribution in [2.24, 2.45) is 0 Å². The molecule has 0 bridgehead atoms. The molecule has 2 aromatic rings. The second-order valence-electron chi connectivity index (χ2n) is 4.36. The highest BCUT2D eigenvalue weighted by atomic mass is 32.2. The molecule has 1 atom stereocenters. The van der Waals surface area contributed by atoms with E-state index in [1.165, 1.54) is 0 Å². The maximum absolute atomic E-state index is 11.9. The Balaban J connectivity index is 1.75. The van der Waals surface area contributed by atoms with Crippen LogP contribution in [0.1, 0.15) is 11.3 Å². The van der Waals surface area contributed by atoms with Gasteiger partial charge in [-0.15, -0.1) is 0 Å². The summed E-state index contributed by atoms with van der Waals surface area (Å²) in [6.07, 6.45) is 0. The molecule has 4 heteroatoms. The van der Waals surface area contributed by atoms with Gasteiger partial charge in [0.2, 0.25) is 0 Å². The number of benzene rings is 1. The van der Waals surface area contributed by atoms with Crippen LogP contribution in [-0.2, 0) is 16.6 Å². The minimum atomic E-state index is -0.840. The first-order chi connectivity index (χ1) is 9.24. The number of pyridine rings is 1. The molecule has 0 fully saturated rings. The van der Waals surface area contributed by atoms with E-state index in [1.807, 2.05) is 55.5 Å². The Morgan fingerprint density at radius 2 is 1.89 bits per heavy atom. The van der Waals surface area contributed by atoms with E-state index in [0.29, 0.717) is 18.1 Å². The van der Waals surface area contributed by atoms with Crippen LogP contribution in [-0.4, -0.2) is 21.5 Å². The zero-order chi connectivity index (χ0) is 13.5. The van der Waals surface area contributed by atoms with Gasteiger partial charge < -0.3 is 5.32 Å². The van der Waals surface area contributed by atoms with Gasteiger partial charge in [-0.3, -0.25) is 4.21 Å².